The average Bonchev–Trinajstić information content (AvgIpc) is 2.84. The first-order valence-corrected chi connectivity index (χ1v) is 8.40. The van der Waals surface area contributed by atoms with Crippen LogP contribution in [0.2, 0.25) is 0 Å². The van der Waals surface area contributed by atoms with Gasteiger partial charge < -0.3 is 4.90 Å². The second kappa shape index (κ2) is 5.66. The van der Waals surface area contributed by atoms with Crippen LogP contribution in [-0.4, -0.2) is 31.6 Å². The van der Waals surface area contributed by atoms with E-state index in [1.807, 2.05) is 0 Å². The lowest BCUT2D eigenvalue weighted by atomic mass is 9.91. The topological polar surface area (TPSA) is 15.7 Å². The highest BCUT2D eigenvalue weighted by Crippen LogP contribution is 2.45. The molecule has 0 saturated carbocycles. The standard InChI is InChI=1S/C20H24N2O/c1-14-7-6-9-16-11-15-8-4-5-10-18(15)22-19(20(14)16)12-17(23-22)13-21(2)3/h4-10,17,19H,11-13H2,1-3H3. The van der Waals surface area contributed by atoms with Crippen molar-refractivity contribution < 1.29 is 4.84 Å². The molecule has 1 saturated heterocycles. The second-order valence-corrected chi connectivity index (χ2v) is 7.02. The molecule has 4 rings (SSSR count). The van der Waals surface area contributed by atoms with Crippen LogP contribution in [0.5, 0.6) is 0 Å². The molecule has 2 aliphatic rings. The van der Waals surface area contributed by atoms with Gasteiger partial charge in [0.25, 0.3) is 0 Å². The molecular weight excluding hydrogens is 284 g/mol. The number of fused-ring (bicyclic) bond motifs is 5. The Kier molecular flexibility index (Phi) is 3.63. The molecule has 0 bridgehead atoms. The van der Waals surface area contributed by atoms with Gasteiger partial charge in [-0.05, 0) is 55.8 Å². The molecule has 2 aromatic carbocycles. The quantitative estimate of drug-likeness (QED) is 0.841. The predicted molar refractivity (Wildman–Crippen MR) is 93.7 cm³/mol. The van der Waals surface area contributed by atoms with Crippen LogP contribution in [0, 0.1) is 6.92 Å². The van der Waals surface area contributed by atoms with E-state index in [1.54, 1.807) is 0 Å². The zero-order chi connectivity index (χ0) is 16.0. The molecule has 3 heteroatoms. The normalized spacial score (nSPS) is 22.5. The largest absolute Gasteiger partial charge is 0.307 e. The lowest BCUT2D eigenvalue weighted by Crippen LogP contribution is -2.27. The van der Waals surface area contributed by atoms with Crippen LogP contribution in [0.25, 0.3) is 0 Å². The molecule has 120 valence electrons. The molecule has 1 fully saturated rings. The summed E-state index contributed by atoms with van der Waals surface area (Å²) in [4.78, 5) is 8.60. The summed E-state index contributed by atoms with van der Waals surface area (Å²) in [6, 6.07) is 15.7. The number of aryl methyl sites for hydroxylation is 1. The Morgan fingerprint density at radius 1 is 1.09 bits per heavy atom. The van der Waals surface area contributed by atoms with E-state index >= 15 is 0 Å². The van der Waals surface area contributed by atoms with E-state index in [2.05, 4.69) is 73.4 Å². The third-order valence-electron chi connectivity index (χ3n) is 4.96. The van der Waals surface area contributed by atoms with Crippen LogP contribution in [0.1, 0.15) is 34.7 Å². The Morgan fingerprint density at radius 3 is 2.70 bits per heavy atom. The van der Waals surface area contributed by atoms with Crippen LogP contribution >= 0.6 is 0 Å². The molecule has 0 radical (unpaired) electrons. The van der Waals surface area contributed by atoms with Gasteiger partial charge in [-0.25, -0.2) is 5.06 Å². The van der Waals surface area contributed by atoms with Gasteiger partial charge in [-0.2, -0.15) is 0 Å². The molecule has 0 aromatic heterocycles. The number of hydrogen-bond acceptors (Lipinski definition) is 3. The van der Waals surface area contributed by atoms with Crippen molar-refractivity contribution in [1.82, 2.24) is 4.90 Å². The molecule has 3 nitrogen and oxygen atoms in total. The monoisotopic (exact) mass is 308 g/mol. The number of nitrogens with zero attached hydrogens (tertiary/aromatic N) is 2. The SMILES string of the molecule is Cc1cccc2c1C1CC(CN(C)C)ON1c1ccccc1C2. The molecule has 0 N–H and O–H groups in total. The molecule has 2 aliphatic heterocycles. The van der Waals surface area contributed by atoms with Gasteiger partial charge in [-0.3, -0.25) is 4.84 Å². The molecule has 0 amide bonds. The average molecular weight is 308 g/mol. The van der Waals surface area contributed by atoms with Gasteiger partial charge in [0.2, 0.25) is 0 Å². The van der Waals surface area contributed by atoms with Gasteiger partial charge in [0.1, 0.15) is 6.10 Å². The van der Waals surface area contributed by atoms with E-state index in [1.165, 1.54) is 27.9 Å². The van der Waals surface area contributed by atoms with Crippen molar-refractivity contribution >= 4 is 5.69 Å². The fraction of sp³-hybridized carbons (Fsp3) is 0.400. The number of para-hydroxylation sites is 1. The molecular formula is C20H24N2O. The fourth-order valence-electron chi connectivity index (χ4n) is 4.05. The van der Waals surface area contributed by atoms with E-state index in [9.17, 15) is 0 Å². The lowest BCUT2D eigenvalue weighted by Gasteiger charge is -2.26. The fourth-order valence-corrected chi connectivity index (χ4v) is 4.05. The number of rotatable bonds is 2. The highest BCUT2D eigenvalue weighted by molar-refractivity contribution is 5.60. The summed E-state index contributed by atoms with van der Waals surface area (Å²) in [5.74, 6) is 0. The predicted octanol–water partition coefficient (Wildman–Crippen LogP) is 3.71. The molecule has 0 spiro atoms. The number of anilines is 1. The number of hydrogen-bond donors (Lipinski definition) is 0. The zero-order valence-corrected chi connectivity index (χ0v) is 14.1. The number of likely N-dealkylation sites (N-methyl/N-ethyl adjacent to an activating group) is 1. The highest BCUT2D eigenvalue weighted by Gasteiger charge is 2.39. The third-order valence-corrected chi connectivity index (χ3v) is 4.96. The van der Waals surface area contributed by atoms with Gasteiger partial charge in [-0.1, -0.05) is 36.4 Å². The maximum absolute atomic E-state index is 6.39. The van der Waals surface area contributed by atoms with Crippen molar-refractivity contribution in [2.45, 2.75) is 31.9 Å². The number of hydroxylamine groups is 1. The molecule has 23 heavy (non-hydrogen) atoms. The summed E-state index contributed by atoms with van der Waals surface area (Å²) in [5, 5.41) is 2.18. The van der Waals surface area contributed by atoms with Crippen LogP contribution in [0.15, 0.2) is 42.5 Å². The Labute approximate surface area is 138 Å². The first kappa shape index (κ1) is 14.7. The molecule has 2 atom stereocenters. The molecule has 2 heterocycles. The summed E-state index contributed by atoms with van der Waals surface area (Å²) >= 11 is 0. The van der Waals surface area contributed by atoms with E-state index in [4.69, 9.17) is 4.84 Å². The van der Waals surface area contributed by atoms with Gasteiger partial charge in [0.05, 0.1) is 11.7 Å². The van der Waals surface area contributed by atoms with Crippen LogP contribution in [-0.2, 0) is 11.3 Å². The Hall–Kier alpha value is -1.84. The Bertz CT molecular complexity index is 725. The van der Waals surface area contributed by atoms with Crippen molar-refractivity contribution in [2.75, 3.05) is 25.7 Å². The van der Waals surface area contributed by atoms with Gasteiger partial charge in [0, 0.05) is 13.0 Å². The van der Waals surface area contributed by atoms with E-state index in [0.29, 0.717) is 6.04 Å². The van der Waals surface area contributed by atoms with Crippen molar-refractivity contribution in [3.63, 3.8) is 0 Å². The van der Waals surface area contributed by atoms with Crippen LogP contribution in [0.4, 0.5) is 5.69 Å². The second-order valence-electron chi connectivity index (χ2n) is 7.02. The van der Waals surface area contributed by atoms with Crippen molar-refractivity contribution in [3.05, 3.63) is 64.7 Å². The van der Waals surface area contributed by atoms with Crippen molar-refractivity contribution in [1.29, 1.82) is 0 Å². The Balaban J connectivity index is 1.82. The maximum atomic E-state index is 6.39. The first-order chi connectivity index (χ1) is 11.1. The summed E-state index contributed by atoms with van der Waals surface area (Å²) < 4.78 is 0. The van der Waals surface area contributed by atoms with Crippen molar-refractivity contribution in [3.8, 4) is 0 Å². The molecule has 2 unspecified atom stereocenters. The minimum absolute atomic E-state index is 0.244. The van der Waals surface area contributed by atoms with Crippen molar-refractivity contribution in [2.24, 2.45) is 0 Å². The maximum Gasteiger partial charge on any atom is 0.101 e. The summed E-state index contributed by atoms with van der Waals surface area (Å²) in [5.41, 5.74) is 6.87. The van der Waals surface area contributed by atoms with Crippen LogP contribution in [0.3, 0.4) is 0 Å². The van der Waals surface area contributed by atoms with Gasteiger partial charge in [0.15, 0.2) is 0 Å². The minimum Gasteiger partial charge on any atom is -0.307 e. The minimum atomic E-state index is 0.244. The summed E-state index contributed by atoms with van der Waals surface area (Å²) in [7, 11) is 4.22. The smallest absolute Gasteiger partial charge is 0.101 e. The zero-order valence-electron chi connectivity index (χ0n) is 14.1. The lowest BCUT2D eigenvalue weighted by molar-refractivity contribution is 0.0649. The summed E-state index contributed by atoms with van der Waals surface area (Å²) in [6.45, 7) is 3.18. The van der Waals surface area contributed by atoms with E-state index < -0.39 is 0 Å². The molecule has 2 aromatic rings. The highest BCUT2D eigenvalue weighted by atomic mass is 16.7. The third kappa shape index (κ3) is 2.54. The van der Waals surface area contributed by atoms with Crippen LogP contribution < -0.4 is 5.06 Å². The van der Waals surface area contributed by atoms with E-state index in [-0.39, 0.29) is 6.10 Å². The first-order valence-electron chi connectivity index (χ1n) is 8.40. The van der Waals surface area contributed by atoms with Gasteiger partial charge >= 0.3 is 0 Å². The Morgan fingerprint density at radius 2 is 1.87 bits per heavy atom. The van der Waals surface area contributed by atoms with Gasteiger partial charge in [-0.15, -0.1) is 0 Å². The summed E-state index contributed by atoms with van der Waals surface area (Å²) in [6.07, 6.45) is 2.28. The molecule has 0 aliphatic carbocycles. The van der Waals surface area contributed by atoms with E-state index in [0.717, 1.165) is 19.4 Å². The number of benzene rings is 2.